The molecule has 110 valence electrons. The zero-order valence-corrected chi connectivity index (χ0v) is 12.7. The average molecular weight is 285 g/mol. The Morgan fingerprint density at radius 1 is 1.29 bits per heavy atom. The summed E-state index contributed by atoms with van der Waals surface area (Å²) in [6.45, 7) is 4.73. The molecule has 0 atom stereocenters. The number of nitrogens with zero attached hydrogens (tertiary/aromatic N) is 4. The molecule has 0 amide bonds. The first kappa shape index (κ1) is 13.5. The number of rotatable bonds is 3. The van der Waals surface area contributed by atoms with Crippen molar-refractivity contribution in [3.8, 4) is 5.75 Å². The quantitative estimate of drug-likeness (QED) is 0.799. The fraction of sp³-hybridized carbons (Fsp3) is 0.333. The van der Waals surface area contributed by atoms with Crippen LogP contribution in [0.1, 0.15) is 17.0 Å². The number of fused-ring (bicyclic) bond motifs is 1. The van der Waals surface area contributed by atoms with Crippen molar-refractivity contribution in [3.63, 3.8) is 0 Å². The van der Waals surface area contributed by atoms with Gasteiger partial charge in [-0.05, 0) is 26.0 Å². The van der Waals surface area contributed by atoms with Crippen molar-refractivity contribution in [2.75, 3.05) is 12.8 Å². The average Bonchev–Trinajstić information content (AvgIpc) is 2.90. The number of nitrogens with two attached hydrogens (primary N) is 1. The van der Waals surface area contributed by atoms with E-state index in [1.165, 1.54) is 5.56 Å². The molecule has 3 rings (SSSR count). The molecule has 0 spiro atoms. The minimum Gasteiger partial charge on any atom is -0.494 e. The Bertz CT molecular complexity index is 815. The van der Waals surface area contributed by atoms with Gasteiger partial charge in [0.15, 0.2) is 0 Å². The lowest BCUT2D eigenvalue weighted by atomic mass is 10.2. The Hall–Kier alpha value is -2.50. The number of nitrogen functional groups attached to an aromatic ring is 1. The Kier molecular flexibility index (Phi) is 3.08. The second-order valence-corrected chi connectivity index (χ2v) is 5.16. The molecule has 0 saturated heterocycles. The van der Waals surface area contributed by atoms with Gasteiger partial charge >= 0.3 is 0 Å². The van der Waals surface area contributed by atoms with E-state index in [1.54, 1.807) is 7.11 Å². The van der Waals surface area contributed by atoms with Crippen LogP contribution >= 0.6 is 0 Å². The van der Waals surface area contributed by atoms with Gasteiger partial charge in [0.25, 0.3) is 0 Å². The van der Waals surface area contributed by atoms with Crippen LogP contribution in [0.3, 0.4) is 0 Å². The van der Waals surface area contributed by atoms with E-state index in [0.29, 0.717) is 12.5 Å². The molecule has 2 heterocycles. The van der Waals surface area contributed by atoms with E-state index in [4.69, 9.17) is 10.5 Å². The summed E-state index contributed by atoms with van der Waals surface area (Å²) in [7, 11) is 3.59. The van der Waals surface area contributed by atoms with Crippen LogP contribution in [0.2, 0.25) is 0 Å². The summed E-state index contributed by atoms with van der Waals surface area (Å²) in [5.74, 6) is 1.22. The Morgan fingerprint density at radius 2 is 2.05 bits per heavy atom. The number of anilines is 1. The van der Waals surface area contributed by atoms with Gasteiger partial charge in [-0.1, -0.05) is 6.07 Å². The number of hydrogen-bond donors (Lipinski definition) is 1. The molecular formula is C15H19N5O. The predicted molar refractivity (Wildman–Crippen MR) is 82.5 cm³/mol. The van der Waals surface area contributed by atoms with E-state index in [0.717, 1.165) is 28.2 Å². The molecule has 0 unspecified atom stereocenters. The first-order chi connectivity index (χ1) is 10.0. The fourth-order valence-corrected chi connectivity index (χ4v) is 2.67. The lowest BCUT2D eigenvalue weighted by Crippen LogP contribution is -2.06. The highest BCUT2D eigenvalue weighted by Gasteiger charge is 2.16. The molecule has 0 aliphatic rings. The summed E-state index contributed by atoms with van der Waals surface area (Å²) < 4.78 is 9.23. The van der Waals surface area contributed by atoms with Crippen LogP contribution < -0.4 is 10.5 Å². The van der Waals surface area contributed by atoms with Crippen molar-refractivity contribution in [2.24, 2.45) is 7.05 Å². The predicted octanol–water partition coefficient (Wildman–Crippen LogP) is 2.03. The number of imidazole rings is 1. The highest BCUT2D eigenvalue weighted by molar-refractivity contribution is 5.84. The number of methoxy groups -OCH3 is 1. The third kappa shape index (κ3) is 2.03. The van der Waals surface area contributed by atoms with Crippen LogP contribution in [0.15, 0.2) is 18.2 Å². The summed E-state index contributed by atoms with van der Waals surface area (Å²) in [6, 6.07) is 5.84. The molecule has 0 radical (unpaired) electrons. The maximum absolute atomic E-state index is 6.10. The molecule has 21 heavy (non-hydrogen) atoms. The van der Waals surface area contributed by atoms with E-state index in [1.807, 2.05) is 41.4 Å². The number of ether oxygens (including phenoxy) is 1. The van der Waals surface area contributed by atoms with Gasteiger partial charge in [-0.15, -0.1) is 0 Å². The monoisotopic (exact) mass is 285 g/mol. The van der Waals surface area contributed by atoms with Crippen LogP contribution in [-0.4, -0.2) is 26.4 Å². The second-order valence-electron chi connectivity index (χ2n) is 5.16. The highest BCUT2D eigenvalue weighted by atomic mass is 16.5. The van der Waals surface area contributed by atoms with Crippen molar-refractivity contribution in [1.82, 2.24) is 19.3 Å². The summed E-state index contributed by atoms with van der Waals surface area (Å²) in [6.07, 6.45) is 0. The highest BCUT2D eigenvalue weighted by Crippen LogP contribution is 2.28. The maximum atomic E-state index is 6.10. The first-order valence-electron chi connectivity index (χ1n) is 6.80. The summed E-state index contributed by atoms with van der Waals surface area (Å²) in [5, 5.41) is 4.45. The van der Waals surface area contributed by atoms with Gasteiger partial charge in [-0.25, -0.2) is 4.98 Å². The van der Waals surface area contributed by atoms with Crippen LogP contribution in [0.4, 0.5) is 5.95 Å². The molecule has 0 aliphatic heterocycles. The van der Waals surface area contributed by atoms with Gasteiger partial charge in [0.05, 0.1) is 24.9 Å². The number of aromatic nitrogens is 4. The minimum absolute atomic E-state index is 0.483. The largest absolute Gasteiger partial charge is 0.494 e. The van der Waals surface area contributed by atoms with E-state index in [2.05, 4.69) is 17.0 Å². The van der Waals surface area contributed by atoms with E-state index < -0.39 is 0 Å². The van der Waals surface area contributed by atoms with Gasteiger partial charge in [0.1, 0.15) is 11.3 Å². The Balaban J connectivity index is 2.15. The van der Waals surface area contributed by atoms with Crippen molar-refractivity contribution in [3.05, 3.63) is 35.2 Å². The van der Waals surface area contributed by atoms with Gasteiger partial charge in [-0.2, -0.15) is 5.10 Å². The molecular weight excluding hydrogens is 266 g/mol. The summed E-state index contributed by atoms with van der Waals surface area (Å²) in [4.78, 5) is 4.43. The molecule has 0 fully saturated rings. The maximum Gasteiger partial charge on any atom is 0.201 e. The Labute approximate surface area is 123 Å². The van der Waals surface area contributed by atoms with Gasteiger partial charge in [-0.3, -0.25) is 4.68 Å². The van der Waals surface area contributed by atoms with E-state index in [-0.39, 0.29) is 0 Å². The van der Waals surface area contributed by atoms with Crippen LogP contribution in [0.25, 0.3) is 11.0 Å². The van der Waals surface area contributed by atoms with Gasteiger partial charge < -0.3 is 15.0 Å². The zero-order chi connectivity index (χ0) is 15.1. The number of hydrogen-bond acceptors (Lipinski definition) is 4. The molecule has 0 bridgehead atoms. The smallest absolute Gasteiger partial charge is 0.201 e. The van der Waals surface area contributed by atoms with Crippen LogP contribution in [0.5, 0.6) is 5.75 Å². The zero-order valence-electron chi connectivity index (χ0n) is 12.7. The molecule has 2 aromatic heterocycles. The van der Waals surface area contributed by atoms with Crippen LogP contribution in [-0.2, 0) is 13.6 Å². The lowest BCUT2D eigenvalue weighted by molar-refractivity contribution is 0.419. The third-order valence-corrected chi connectivity index (χ3v) is 3.97. The second kappa shape index (κ2) is 4.80. The van der Waals surface area contributed by atoms with Gasteiger partial charge in [0.2, 0.25) is 5.95 Å². The van der Waals surface area contributed by atoms with Gasteiger partial charge in [0, 0.05) is 18.3 Å². The molecule has 2 N–H and O–H groups in total. The van der Waals surface area contributed by atoms with E-state index in [9.17, 15) is 0 Å². The Morgan fingerprint density at radius 3 is 2.67 bits per heavy atom. The van der Waals surface area contributed by atoms with Crippen molar-refractivity contribution in [1.29, 1.82) is 0 Å². The van der Waals surface area contributed by atoms with Crippen LogP contribution in [0, 0.1) is 13.8 Å². The summed E-state index contributed by atoms with van der Waals surface area (Å²) in [5.41, 5.74) is 11.2. The first-order valence-corrected chi connectivity index (χ1v) is 6.80. The molecule has 0 aliphatic carbocycles. The lowest BCUT2D eigenvalue weighted by Gasteiger charge is -2.07. The number of aryl methyl sites for hydroxylation is 2. The molecule has 6 nitrogen and oxygen atoms in total. The van der Waals surface area contributed by atoms with E-state index >= 15 is 0 Å². The summed E-state index contributed by atoms with van der Waals surface area (Å²) >= 11 is 0. The number of para-hydroxylation sites is 1. The van der Waals surface area contributed by atoms with Crippen molar-refractivity contribution >= 4 is 17.0 Å². The molecule has 3 aromatic rings. The molecule has 0 saturated carbocycles. The standard InChI is InChI=1S/C15H19N5O/c1-9-11(10(2)19(3)18-9)8-20-12-6-5-7-13(21-4)14(12)17-15(20)16/h5-7H,8H2,1-4H3,(H2,16,17). The third-order valence-electron chi connectivity index (χ3n) is 3.97. The molecule has 1 aromatic carbocycles. The number of benzene rings is 1. The minimum atomic E-state index is 0.483. The van der Waals surface area contributed by atoms with Crippen molar-refractivity contribution < 1.29 is 4.74 Å². The normalized spacial score (nSPS) is 11.2. The van der Waals surface area contributed by atoms with Crippen molar-refractivity contribution in [2.45, 2.75) is 20.4 Å². The SMILES string of the molecule is COc1cccc2c1nc(N)n2Cc1c(C)nn(C)c1C. The fourth-order valence-electron chi connectivity index (χ4n) is 2.67. The molecule has 6 heteroatoms. The topological polar surface area (TPSA) is 70.9 Å².